The number of benzene rings is 2. The Kier molecular flexibility index (Phi) is 3.24. The Morgan fingerprint density at radius 2 is 1.75 bits per heavy atom. The van der Waals surface area contributed by atoms with Gasteiger partial charge in [0.15, 0.2) is 9.84 Å². The fourth-order valence-electron chi connectivity index (χ4n) is 2.44. The summed E-state index contributed by atoms with van der Waals surface area (Å²) in [5, 5.41) is 0.882. The lowest BCUT2D eigenvalue weighted by molar-refractivity contribution is 0.456. The highest BCUT2D eigenvalue weighted by Crippen LogP contribution is 2.33. The first-order valence-corrected chi connectivity index (χ1v) is 9.02. The van der Waals surface area contributed by atoms with Gasteiger partial charge in [-0.05, 0) is 36.4 Å². The predicted molar refractivity (Wildman–Crippen MR) is 88.9 cm³/mol. The van der Waals surface area contributed by atoms with E-state index in [2.05, 4.69) is 9.97 Å². The summed E-state index contributed by atoms with van der Waals surface area (Å²) in [6, 6.07) is 13.7. The average molecular weight is 340 g/mol. The SMILES string of the molecule is CS(=O)(=O)c1ccc(Oc2ncnc3c2oc2ccccc23)cc1. The first kappa shape index (κ1) is 14.6. The Bertz CT molecular complexity index is 1150. The van der Waals surface area contributed by atoms with Gasteiger partial charge in [-0.15, -0.1) is 0 Å². The largest absolute Gasteiger partial charge is 0.449 e. The molecule has 0 N–H and O–H groups in total. The minimum atomic E-state index is -3.24. The van der Waals surface area contributed by atoms with E-state index in [4.69, 9.17) is 9.15 Å². The highest BCUT2D eigenvalue weighted by atomic mass is 32.2. The number of aromatic nitrogens is 2. The van der Waals surface area contributed by atoms with Gasteiger partial charge in [0.05, 0.1) is 4.90 Å². The van der Waals surface area contributed by atoms with E-state index in [1.807, 2.05) is 24.3 Å². The van der Waals surface area contributed by atoms with E-state index in [0.717, 1.165) is 11.6 Å². The number of sulfone groups is 1. The monoisotopic (exact) mass is 340 g/mol. The maximum atomic E-state index is 11.5. The molecule has 0 amide bonds. The van der Waals surface area contributed by atoms with Gasteiger partial charge in [0.2, 0.25) is 5.58 Å². The minimum Gasteiger partial charge on any atom is -0.449 e. The molecular weight excluding hydrogens is 328 g/mol. The summed E-state index contributed by atoms with van der Waals surface area (Å²) in [5.41, 5.74) is 1.82. The van der Waals surface area contributed by atoms with E-state index in [-0.39, 0.29) is 10.8 Å². The molecule has 0 unspecified atom stereocenters. The lowest BCUT2D eigenvalue weighted by atomic mass is 10.2. The highest BCUT2D eigenvalue weighted by molar-refractivity contribution is 7.90. The fraction of sp³-hybridized carbons (Fsp3) is 0.0588. The molecule has 120 valence electrons. The second-order valence-corrected chi connectivity index (χ2v) is 7.32. The molecule has 0 atom stereocenters. The van der Waals surface area contributed by atoms with Crippen LogP contribution in [0.1, 0.15) is 0 Å². The third kappa shape index (κ3) is 2.48. The third-order valence-electron chi connectivity index (χ3n) is 3.59. The number of fused-ring (bicyclic) bond motifs is 3. The van der Waals surface area contributed by atoms with Gasteiger partial charge < -0.3 is 9.15 Å². The number of hydrogen-bond donors (Lipinski definition) is 0. The van der Waals surface area contributed by atoms with E-state index in [0.29, 0.717) is 22.4 Å². The Morgan fingerprint density at radius 1 is 1.00 bits per heavy atom. The molecular formula is C17H12N2O4S. The zero-order valence-electron chi connectivity index (χ0n) is 12.6. The maximum absolute atomic E-state index is 11.5. The predicted octanol–water partition coefficient (Wildman–Crippen LogP) is 3.57. The van der Waals surface area contributed by atoms with Gasteiger partial charge in [-0.25, -0.2) is 13.4 Å². The topological polar surface area (TPSA) is 82.3 Å². The molecule has 24 heavy (non-hydrogen) atoms. The van der Waals surface area contributed by atoms with Crippen LogP contribution in [0.4, 0.5) is 0 Å². The van der Waals surface area contributed by atoms with Crippen molar-refractivity contribution in [3.05, 3.63) is 54.9 Å². The van der Waals surface area contributed by atoms with E-state index >= 15 is 0 Å². The van der Waals surface area contributed by atoms with Crippen LogP contribution in [0, 0.1) is 0 Å². The summed E-state index contributed by atoms with van der Waals surface area (Å²) < 4.78 is 34.5. The van der Waals surface area contributed by atoms with Crippen LogP contribution in [0.5, 0.6) is 11.6 Å². The molecule has 0 aliphatic carbocycles. The molecule has 2 heterocycles. The number of para-hydroxylation sites is 1. The van der Waals surface area contributed by atoms with Gasteiger partial charge >= 0.3 is 0 Å². The summed E-state index contributed by atoms with van der Waals surface area (Å²) in [7, 11) is -3.24. The van der Waals surface area contributed by atoms with Crippen molar-refractivity contribution >= 4 is 31.9 Å². The first-order chi connectivity index (χ1) is 11.5. The summed E-state index contributed by atoms with van der Waals surface area (Å²) in [6.45, 7) is 0. The summed E-state index contributed by atoms with van der Waals surface area (Å²) in [6.07, 6.45) is 2.57. The van der Waals surface area contributed by atoms with Crippen LogP contribution in [0.15, 0.2) is 64.2 Å². The van der Waals surface area contributed by atoms with Gasteiger partial charge in [-0.3, -0.25) is 0 Å². The van der Waals surface area contributed by atoms with Gasteiger partial charge in [-0.2, -0.15) is 4.98 Å². The fourth-order valence-corrected chi connectivity index (χ4v) is 3.07. The normalized spacial score (nSPS) is 11.9. The van der Waals surface area contributed by atoms with Gasteiger partial charge in [0.1, 0.15) is 23.2 Å². The van der Waals surface area contributed by atoms with Crippen LogP contribution in [-0.2, 0) is 9.84 Å². The van der Waals surface area contributed by atoms with Crippen molar-refractivity contribution < 1.29 is 17.6 Å². The molecule has 7 heteroatoms. The Hall–Kier alpha value is -2.93. The molecule has 0 fully saturated rings. The number of hydrogen-bond acceptors (Lipinski definition) is 6. The molecule has 0 radical (unpaired) electrons. The van der Waals surface area contributed by atoms with Crippen LogP contribution in [0.25, 0.3) is 22.1 Å². The number of nitrogens with zero attached hydrogens (tertiary/aromatic N) is 2. The van der Waals surface area contributed by atoms with Crippen molar-refractivity contribution in [3.63, 3.8) is 0 Å². The highest BCUT2D eigenvalue weighted by Gasteiger charge is 2.15. The zero-order chi connectivity index (χ0) is 16.7. The standard InChI is InChI=1S/C17H12N2O4S/c1-24(20,21)12-8-6-11(7-9-12)22-17-16-15(18-10-19-17)13-4-2-3-5-14(13)23-16/h2-10H,1H3. The number of rotatable bonds is 3. The second kappa shape index (κ2) is 5.31. The molecule has 2 aromatic heterocycles. The van der Waals surface area contributed by atoms with Gasteiger partial charge in [0.25, 0.3) is 5.88 Å². The Balaban J connectivity index is 1.77. The summed E-state index contributed by atoms with van der Waals surface area (Å²) in [4.78, 5) is 8.61. The van der Waals surface area contributed by atoms with Crippen molar-refractivity contribution in [3.8, 4) is 11.6 Å². The van der Waals surface area contributed by atoms with Crippen molar-refractivity contribution in [2.24, 2.45) is 0 Å². The second-order valence-electron chi connectivity index (χ2n) is 5.30. The Morgan fingerprint density at radius 3 is 2.50 bits per heavy atom. The molecule has 0 saturated heterocycles. The van der Waals surface area contributed by atoms with Crippen LogP contribution in [-0.4, -0.2) is 24.6 Å². The first-order valence-electron chi connectivity index (χ1n) is 7.12. The molecule has 0 bridgehead atoms. The van der Waals surface area contributed by atoms with Crippen molar-refractivity contribution in [2.45, 2.75) is 4.90 Å². The van der Waals surface area contributed by atoms with Crippen LogP contribution >= 0.6 is 0 Å². The smallest absolute Gasteiger partial charge is 0.267 e. The van der Waals surface area contributed by atoms with E-state index < -0.39 is 9.84 Å². The van der Waals surface area contributed by atoms with Crippen molar-refractivity contribution in [2.75, 3.05) is 6.26 Å². The lowest BCUT2D eigenvalue weighted by Crippen LogP contribution is -1.96. The molecule has 0 saturated carbocycles. The van der Waals surface area contributed by atoms with E-state index in [1.165, 1.54) is 18.5 Å². The van der Waals surface area contributed by atoms with Crippen LogP contribution < -0.4 is 4.74 Å². The molecule has 4 rings (SSSR count). The molecule has 0 aliphatic heterocycles. The summed E-state index contributed by atoms with van der Waals surface area (Å²) >= 11 is 0. The lowest BCUT2D eigenvalue weighted by Gasteiger charge is -2.05. The van der Waals surface area contributed by atoms with Crippen molar-refractivity contribution in [1.29, 1.82) is 0 Å². The molecule has 0 aliphatic rings. The Labute approximate surface area is 137 Å². The third-order valence-corrected chi connectivity index (χ3v) is 4.72. The molecule has 6 nitrogen and oxygen atoms in total. The number of ether oxygens (including phenoxy) is 1. The van der Waals surface area contributed by atoms with E-state index in [1.54, 1.807) is 12.1 Å². The summed E-state index contributed by atoms with van der Waals surface area (Å²) in [5.74, 6) is 0.742. The molecule has 0 spiro atoms. The molecule has 2 aromatic carbocycles. The maximum Gasteiger partial charge on any atom is 0.267 e. The average Bonchev–Trinajstić information content (AvgIpc) is 2.94. The van der Waals surface area contributed by atoms with Crippen LogP contribution in [0.3, 0.4) is 0 Å². The zero-order valence-corrected chi connectivity index (χ0v) is 13.4. The van der Waals surface area contributed by atoms with E-state index in [9.17, 15) is 8.42 Å². The number of furan rings is 1. The van der Waals surface area contributed by atoms with Crippen LogP contribution in [0.2, 0.25) is 0 Å². The van der Waals surface area contributed by atoms with Gasteiger partial charge in [0, 0.05) is 11.6 Å². The quantitative estimate of drug-likeness (QED) is 0.567. The minimum absolute atomic E-state index is 0.228. The molecule has 4 aromatic rings. The van der Waals surface area contributed by atoms with Gasteiger partial charge in [-0.1, -0.05) is 12.1 Å². The van der Waals surface area contributed by atoms with Crippen molar-refractivity contribution in [1.82, 2.24) is 9.97 Å².